The summed E-state index contributed by atoms with van der Waals surface area (Å²) in [7, 11) is 0. The van der Waals surface area contributed by atoms with Crippen LogP contribution in [-0.2, 0) is 17.8 Å². The van der Waals surface area contributed by atoms with Crippen molar-refractivity contribution in [3.8, 4) is 0 Å². The van der Waals surface area contributed by atoms with Gasteiger partial charge >= 0.3 is 5.97 Å². The monoisotopic (exact) mass is 403 g/mol. The fraction of sp³-hybridized carbons (Fsp3) is 0.167. The van der Waals surface area contributed by atoms with E-state index in [1.807, 2.05) is 47.0 Å². The van der Waals surface area contributed by atoms with Gasteiger partial charge in [0.2, 0.25) is 0 Å². The Morgan fingerprint density at radius 2 is 1.77 bits per heavy atom. The number of benzene rings is 3. The van der Waals surface area contributed by atoms with Crippen LogP contribution in [0.2, 0.25) is 0 Å². The van der Waals surface area contributed by atoms with E-state index in [2.05, 4.69) is 5.32 Å². The van der Waals surface area contributed by atoms with Crippen LogP contribution in [0.5, 0.6) is 0 Å². The second kappa shape index (κ2) is 8.78. The third kappa shape index (κ3) is 4.17. The maximum absolute atomic E-state index is 14.2. The van der Waals surface area contributed by atoms with Crippen LogP contribution in [0.4, 0.5) is 10.1 Å². The molecule has 3 aromatic carbocycles. The van der Waals surface area contributed by atoms with Gasteiger partial charge in [0, 0.05) is 11.3 Å². The summed E-state index contributed by atoms with van der Waals surface area (Å²) in [6.07, 6.45) is 0. The molecule has 0 fully saturated rings. The Bertz CT molecular complexity index is 1170. The highest BCUT2D eigenvalue weighted by atomic mass is 19.1. The van der Waals surface area contributed by atoms with E-state index in [-0.39, 0.29) is 11.8 Å². The standard InChI is InChI=1S/C24H22FN3O2/c1-2-30-24(29)17-11-13-19(14-12-17)26-15-23-27-21-9-5-6-10-22(21)28(23)16-18-7-3-4-8-20(18)25/h3-14,26H,2,15-16H2,1H3. The highest BCUT2D eigenvalue weighted by molar-refractivity contribution is 5.89. The number of imidazole rings is 1. The smallest absolute Gasteiger partial charge is 0.338 e. The number of rotatable bonds is 7. The summed E-state index contributed by atoms with van der Waals surface area (Å²) >= 11 is 0. The Labute approximate surface area is 174 Å². The quantitative estimate of drug-likeness (QED) is 0.441. The first-order valence-electron chi connectivity index (χ1n) is 9.84. The summed E-state index contributed by atoms with van der Waals surface area (Å²) in [4.78, 5) is 16.5. The van der Waals surface area contributed by atoms with Gasteiger partial charge in [-0.3, -0.25) is 0 Å². The van der Waals surface area contributed by atoms with Crippen molar-refractivity contribution in [2.75, 3.05) is 11.9 Å². The Morgan fingerprint density at radius 3 is 2.53 bits per heavy atom. The molecule has 4 aromatic rings. The molecule has 0 unspecified atom stereocenters. The predicted octanol–water partition coefficient (Wildman–Crippen LogP) is 5.01. The van der Waals surface area contributed by atoms with E-state index in [1.54, 1.807) is 31.2 Å². The van der Waals surface area contributed by atoms with Crippen LogP contribution in [0.15, 0.2) is 72.8 Å². The number of ether oxygens (including phenoxy) is 1. The molecular weight excluding hydrogens is 381 g/mol. The molecule has 152 valence electrons. The van der Waals surface area contributed by atoms with Crippen molar-refractivity contribution >= 4 is 22.7 Å². The summed E-state index contributed by atoms with van der Waals surface area (Å²) in [6, 6.07) is 21.7. The molecule has 1 N–H and O–H groups in total. The SMILES string of the molecule is CCOC(=O)c1ccc(NCc2nc3ccccc3n2Cc2ccccc2F)cc1. The Morgan fingerprint density at radius 1 is 1.03 bits per heavy atom. The third-order valence-electron chi connectivity index (χ3n) is 4.87. The molecule has 0 atom stereocenters. The lowest BCUT2D eigenvalue weighted by Crippen LogP contribution is -2.11. The summed E-state index contributed by atoms with van der Waals surface area (Å²) in [5.74, 6) is 0.230. The van der Waals surface area contributed by atoms with Gasteiger partial charge in [0.15, 0.2) is 0 Å². The number of carbonyl (C=O) groups excluding carboxylic acids is 1. The molecule has 0 aliphatic rings. The summed E-state index contributed by atoms with van der Waals surface area (Å²) in [5.41, 5.74) is 3.79. The van der Waals surface area contributed by atoms with Crippen LogP contribution in [0, 0.1) is 5.82 Å². The minimum atomic E-state index is -0.337. The second-order valence-electron chi connectivity index (χ2n) is 6.85. The van der Waals surface area contributed by atoms with Gasteiger partial charge in [-0.1, -0.05) is 30.3 Å². The normalized spacial score (nSPS) is 10.9. The molecule has 0 bridgehead atoms. The number of anilines is 1. The molecule has 0 aliphatic carbocycles. The average molecular weight is 403 g/mol. The van der Waals surface area contributed by atoms with Crippen molar-refractivity contribution in [1.29, 1.82) is 0 Å². The molecule has 4 rings (SSSR count). The van der Waals surface area contributed by atoms with Crippen LogP contribution in [0.1, 0.15) is 28.7 Å². The topological polar surface area (TPSA) is 56.1 Å². The van der Waals surface area contributed by atoms with Crippen molar-refractivity contribution in [3.63, 3.8) is 0 Å². The number of nitrogens with one attached hydrogen (secondary N) is 1. The van der Waals surface area contributed by atoms with Crippen LogP contribution < -0.4 is 5.32 Å². The van der Waals surface area contributed by atoms with Gasteiger partial charge in [0.05, 0.1) is 36.3 Å². The van der Waals surface area contributed by atoms with Crippen molar-refractivity contribution in [2.45, 2.75) is 20.0 Å². The minimum absolute atomic E-state index is 0.233. The summed E-state index contributed by atoms with van der Waals surface area (Å²) in [5, 5.41) is 3.33. The first-order valence-corrected chi connectivity index (χ1v) is 9.84. The number of esters is 1. The summed E-state index contributed by atoms with van der Waals surface area (Å²) < 4.78 is 21.3. The molecule has 0 spiro atoms. The van der Waals surface area contributed by atoms with Gasteiger partial charge in [0.25, 0.3) is 0 Å². The minimum Gasteiger partial charge on any atom is -0.462 e. The first-order chi connectivity index (χ1) is 14.7. The summed E-state index contributed by atoms with van der Waals surface area (Å²) in [6.45, 7) is 2.98. The molecular formula is C24H22FN3O2. The van der Waals surface area contributed by atoms with Crippen molar-refractivity contribution in [1.82, 2.24) is 9.55 Å². The number of fused-ring (bicyclic) bond motifs is 1. The highest BCUT2D eigenvalue weighted by Crippen LogP contribution is 2.20. The first kappa shape index (κ1) is 19.6. The van der Waals surface area contributed by atoms with E-state index in [9.17, 15) is 9.18 Å². The van der Waals surface area contributed by atoms with Crippen LogP contribution in [0.25, 0.3) is 11.0 Å². The highest BCUT2D eigenvalue weighted by Gasteiger charge is 2.13. The molecule has 1 heterocycles. The van der Waals surface area contributed by atoms with Crippen molar-refractivity contribution < 1.29 is 13.9 Å². The number of nitrogens with zero attached hydrogens (tertiary/aromatic N) is 2. The van der Waals surface area contributed by atoms with Gasteiger partial charge in [-0.15, -0.1) is 0 Å². The predicted molar refractivity (Wildman–Crippen MR) is 115 cm³/mol. The number of hydrogen-bond acceptors (Lipinski definition) is 4. The van der Waals surface area contributed by atoms with Crippen LogP contribution in [0.3, 0.4) is 0 Å². The molecule has 0 saturated heterocycles. The molecule has 0 radical (unpaired) electrons. The van der Waals surface area contributed by atoms with E-state index in [1.165, 1.54) is 6.07 Å². The molecule has 30 heavy (non-hydrogen) atoms. The Kier molecular flexibility index (Phi) is 5.75. The molecule has 0 saturated carbocycles. The van der Waals surface area contributed by atoms with Crippen molar-refractivity contribution in [3.05, 3.63) is 95.6 Å². The zero-order valence-electron chi connectivity index (χ0n) is 16.6. The third-order valence-corrected chi connectivity index (χ3v) is 4.87. The Balaban J connectivity index is 1.57. The lowest BCUT2D eigenvalue weighted by molar-refractivity contribution is 0.0526. The number of aromatic nitrogens is 2. The van der Waals surface area contributed by atoms with E-state index < -0.39 is 0 Å². The number of carbonyl (C=O) groups is 1. The molecule has 6 heteroatoms. The van der Waals surface area contributed by atoms with Gasteiger partial charge in [0.1, 0.15) is 11.6 Å². The molecule has 5 nitrogen and oxygen atoms in total. The Hall–Kier alpha value is -3.67. The molecule has 0 aliphatic heterocycles. The number of halogens is 1. The van der Waals surface area contributed by atoms with E-state index in [0.29, 0.717) is 30.8 Å². The maximum atomic E-state index is 14.2. The van der Waals surface area contributed by atoms with E-state index in [0.717, 1.165) is 22.5 Å². The average Bonchev–Trinajstić information content (AvgIpc) is 3.12. The lowest BCUT2D eigenvalue weighted by Gasteiger charge is -2.12. The van der Waals surface area contributed by atoms with Gasteiger partial charge in [-0.2, -0.15) is 0 Å². The maximum Gasteiger partial charge on any atom is 0.338 e. The second-order valence-corrected chi connectivity index (χ2v) is 6.85. The van der Waals surface area contributed by atoms with Crippen LogP contribution in [-0.4, -0.2) is 22.1 Å². The van der Waals surface area contributed by atoms with Gasteiger partial charge < -0.3 is 14.6 Å². The number of hydrogen-bond donors (Lipinski definition) is 1. The van der Waals surface area contributed by atoms with Crippen molar-refractivity contribution in [2.24, 2.45) is 0 Å². The van der Waals surface area contributed by atoms with Gasteiger partial charge in [-0.25, -0.2) is 14.2 Å². The number of para-hydroxylation sites is 2. The van der Waals surface area contributed by atoms with Crippen LogP contribution >= 0.6 is 0 Å². The zero-order chi connectivity index (χ0) is 20.9. The molecule has 1 aromatic heterocycles. The fourth-order valence-electron chi connectivity index (χ4n) is 3.35. The van der Waals surface area contributed by atoms with Gasteiger partial charge in [-0.05, 0) is 49.4 Å². The lowest BCUT2D eigenvalue weighted by atomic mass is 10.2. The molecule has 0 amide bonds. The zero-order valence-corrected chi connectivity index (χ0v) is 16.6. The van der Waals surface area contributed by atoms with E-state index in [4.69, 9.17) is 9.72 Å². The fourth-order valence-corrected chi connectivity index (χ4v) is 3.35. The van der Waals surface area contributed by atoms with E-state index >= 15 is 0 Å². The largest absolute Gasteiger partial charge is 0.462 e.